The smallest absolute Gasteiger partial charge is 0.277 e. The van der Waals surface area contributed by atoms with Crippen LogP contribution in [0.4, 0.5) is 0 Å². The largest absolute Gasteiger partial charge is 0.484 e. The van der Waals surface area contributed by atoms with E-state index in [0.29, 0.717) is 22.2 Å². The average molecular weight is 372 g/mol. The van der Waals surface area contributed by atoms with Gasteiger partial charge >= 0.3 is 0 Å². The van der Waals surface area contributed by atoms with Crippen LogP contribution < -0.4 is 14.9 Å². The Kier molecular flexibility index (Phi) is 7.01. The molecule has 0 heterocycles. The molecule has 0 radical (unpaired) electrons. The fraction of sp³-hybridized carbons (Fsp3) is 0.211. The fourth-order valence-corrected chi connectivity index (χ4v) is 2.12. The Morgan fingerprint density at radius 1 is 1.19 bits per heavy atom. The highest BCUT2D eigenvalue weighted by molar-refractivity contribution is 6.31. The molecule has 0 aromatic heterocycles. The third-order valence-electron chi connectivity index (χ3n) is 3.42. The van der Waals surface area contributed by atoms with Gasteiger partial charge in [0.05, 0.1) is 5.71 Å². The number of amides is 1. The molecule has 0 aliphatic heterocycles. The first-order valence-electron chi connectivity index (χ1n) is 7.82. The zero-order valence-corrected chi connectivity index (χ0v) is 15.2. The van der Waals surface area contributed by atoms with Crippen molar-refractivity contribution in [3.05, 3.63) is 58.6 Å². The quantitative estimate of drug-likeness (QED) is 0.596. The molecule has 1 N–H and O–H groups in total. The van der Waals surface area contributed by atoms with Crippen molar-refractivity contribution >= 4 is 23.2 Å². The molecule has 6 nitrogen and oxygen atoms in total. The molecular formula is C19H18ClN3O3. The van der Waals surface area contributed by atoms with E-state index in [1.807, 2.05) is 13.0 Å². The van der Waals surface area contributed by atoms with Gasteiger partial charge in [0.1, 0.15) is 17.6 Å². The Balaban J connectivity index is 1.86. The molecule has 134 valence electrons. The molecule has 1 amide bonds. The number of ether oxygens (including phenoxy) is 2. The standard InChI is InChI=1S/C19H18ClN3O3/c1-13-11-17(7-8-18(13)20)26-12-19(24)23-22-14(2)15-3-5-16(6-4-15)25-10-9-21/h3-8,11H,10,12H2,1-2H3,(H,23,24)/b22-14-. The van der Waals surface area contributed by atoms with Crippen molar-refractivity contribution in [1.82, 2.24) is 5.43 Å². The molecule has 0 atom stereocenters. The number of nitrogens with zero attached hydrogens (tertiary/aromatic N) is 2. The Labute approximate surface area is 157 Å². The minimum atomic E-state index is -0.370. The molecule has 0 saturated carbocycles. The summed E-state index contributed by atoms with van der Waals surface area (Å²) in [4.78, 5) is 11.9. The average Bonchev–Trinajstić information content (AvgIpc) is 2.65. The van der Waals surface area contributed by atoms with Gasteiger partial charge in [-0.3, -0.25) is 4.79 Å². The van der Waals surface area contributed by atoms with Gasteiger partial charge in [0.2, 0.25) is 0 Å². The summed E-state index contributed by atoms with van der Waals surface area (Å²) in [5.41, 5.74) is 4.78. The molecule has 0 aliphatic carbocycles. The lowest BCUT2D eigenvalue weighted by atomic mass is 10.1. The molecule has 0 fully saturated rings. The van der Waals surface area contributed by atoms with E-state index < -0.39 is 0 Å². The van der Waals surface area contributed by atoms with Crippen LogP contribution in [0, 0.1) is 18.3 Å². The summed E-state index contributed by atoms with van der Waals surface area (Å²) in [5, 5.41) is 13.2. The van der Waals surface area contributed by atoms with E-state index in [0.717, 1.165) is 11.1 Å². The van der Waals surface area contributed by atoms with Crippen LogP contribution in [0.5, 0.6) is 11.5 Å². The van der Waals surface area contributed by atoms with Crippen LogP contribution in [0.2, 0.25) is 5.02 Å². The predicted octanol–water partition coefficient (Wildman–Crippen LogP) is 3.47. The number of nitriles is 1. The Hall–Kier alpha value is -3.04. The Morgan fingerprint density at radius 2 is 1.88 bits per heavy atom. The number of hydrogen-bond donors (Lipinski definition) is 1. The van der Waals surface area contributed by atoms with Gasteiger partial charge in [0.15, 0.2) is 13.2 Å². The Bertz CT molecular complexity index is 842. The van der Waals surface area contributed by atoms with Gasteiger partial charge in [0.25, 0.3) is 5.91 Å². The third kappa shape index (κ3) is 5.80. The van der Waals surface area contributed by atoms with Crippen LogP contribution >= 0.6 is 11.6 Å². The normalized spacial score (nSPS) is 10.8. The zero-order chi connectivity index (χ0) is 18.9. The summed E-state index contributed by atoms with van der Waals surface area (Å²) >= 11 is 5.95. The highest BCUT2D eigenvalue weighted by atomic mass is 35.5. The van der Waals surface area contributed by atoms with E-state index in [1.165, 1.54) is 0 Å². The van der Waals surface area contributed by atoms with Gasteiger partial charge in [-0.25, -0.2) is 5.43 Å². The predicted molar refractivity (Wildman–Crippen MR) is 99.6 cm³/mol. The van der Waals surface area contributed by atoms with E-state index in [2.05, 4.69) is 10.5 Å². The first-order chi connectivity index (χ1) is 12.5. The van der Waals surface area contributed by atoms with Crippen molar-refractivity contribution in [2.75, 3.05) is 13.2 Å². The number of rotatable bonds is 7. The number of hydrogen-bond acceptors (Lipinski definition) is 5. The SMILES string of the molecule is C/C(=N/NC(=O)COc1ccc(Cl)c(C)c1)c1ccc(OCC#N)cc1. The maximum absolute atomic E-state index is 11.9. The molecule has 0 saturated heterocycles. The topological polar surface area (TPSA) is 83.7 Å². The van der Waals surface area contributed by atoms with E-state index >= 15 is 0 Å². The molecule has 2 aromatic rings. The van der Waals surface area contributed by atoms with Gasteiger partial charge in [-0.1, -0.05) is 11.6 Å². The summed E-state index contributed by atoms with van der Waals surface area (Å²) in [7, 11) is 0. The van der Waals surface area contributed by atoms with E-state index in [9.17, 15) is 4.79 Å². The zero-order valence-electron chi connectivity index (χ0n) is 14.5. The Morgan fingerprint density at radius 3 is 2.54 bits per heavy atom. The van der Waals surface area contributed by atoms with Crippen molar-refractivity contribution in [1.29, 1.82) is 5.26 Å². The number of halogens is 1. The molecule has 0 spiro atoms. The van der Waals surface area contributed by atoms with Crippen molar-refractivity contribution in [3.8, 4) is 17.6 Å². The second kappa shape index (κ2) is 9.44. The lowest BCUT2D eigenvalue weighted by Gasteiger charge is -2.07. The summed E-state index contributed by atoms with van der Waals surface area (Å²) in [6.45, 7) is 3.47. The molecule has 26 heavy (non-hydrogen) atoms. The number of benzene rings is 2. The second-order valence-corrected chi connectivity index (χ2v) is 5.81. The van der Waals surface area contributed by atoms with Gasteiger partial charge < -0.3 is 9.47 Å². The highest BCUT2D eigenvalue weighted by Gasteiger charge is 2.05. The number of nitrogens with one attached hydrogen (secondary N) is 1. The van der Waals surface area contributed by atoms with E-state index in [4.69, 9.17) is 26.3 Å². The fourth-order valence-electron chi connectivity index (χ4n) is 2.01. The molecule has 2 aromatic carbocycles. The first kappa shape index (κ1) is 19.3. The molecule has 7 heteroatoms. The van der Waals surface area contributed by atoms with Crippen molar-refractivity contribution in [3.63, 3.8) is 0 Å². The maximum atomic E-state index is 11.9. The molecule has 0 unspecified atom stereocenters. The first-order valence-corrected chi connectivity index (χ1v) is 8.19. The number of hydrazone groups is 1. The summed E-state index contributed by atoms with van der Waals surface area (Å²) in [6.07, 6.45) is 0. The minimum Gasteiger partial charge on any atom is -0.484 e. The van der Waals surface area contributed by atoms with Gasteiger partial charge in [-0.2, -0.15) is 10.4 Å². The van der Waals surface area contributed by atoms with E-state index in [1.54, 1.807) is 49.4 Å². The number of carbonyl (C=O) groups excluding carboxylic acids is 1. The minimum absolute atomic E-state index is 0.00435. The summed E-state index contributed by atoms with van der Waals surface area (Å²) in [5.74, 6) is 0.792. The van der Waals surface area contributed by atoms with Crippen molar-refractivity contribution < 1.29 is 14.3 Å². The molecular weight excluding hydrogens is 354 g/mol. The lowest BCUT2D eigenvalue weighted by Crippen LogP contribution is -2.25. The summed E-state index contributed by atoms with van der Waals surface area (Å²) < 4.78 is 10.6. The van der Waals surface area contributed by atoms with Crippen LogP contribution in [0.25, 0.3) is 0 Å². The van der Waals surface area contributed by atoms with Crippen molar-refractivity contribution in [2.45, 2.75) is 13.8 Å². The highest BCUT2D eigenvalue weighted by Crippen LogP contribution is 2.20. The lowest BCUT2D eigenvalue weighted by molar-refractivity contribution is -0.123. The van der Waals surface area contributed by atoms with Crippen LogP contribution in [0.3, 0.4) is 0 Å². The van der Waals surface area contributed by atoms with Gasteiger partial charge in [0, 0.05) is 5.02 Å². The summed E-state index contributed by atoms with van der Waals surface area (Å²) in [6, 6.07) is 14.2. The molecule has 0 aliphatic rings. The van der Waals surface area contributed by atoms with E-state index in [-0.39, 0.29) is 19.1 Å². The van der Waals surface area contributed by atoms with Crippen LogP contribution in [0.1, 0.15) is 18.1 Å². The van der Waals surface area contributed by atoms with Crippen LogP contribution in [0.15, 0.2) is 47.6 Å². The maximum Gasteiger partial charge on any atom is 0.277 e. The van der Waals surface area contributed by atoms with Crippen molar-refractivity contribution in [2.24, 2.45) is 5.10 Å². The van der Waals surface area contributed by atoms with Gasteiger partial charge in [-0.05, 0) is 67.4 Å². The molecule has 0 bridgehead atoms. The van der Waals surface area contributed by atoms with Gasteiger partial charge in [-0.15, -0.1) is 0 Å². The molecule has 2 rings (SSSR count). The second-order valence-electron chi connectivity index (χ2n) is 5.40. The monoisotopic (exact) mass is 371 g/mol. The van der Waals surface area contributed by atoms with Crippen LogP contribution in [-0.2, 0) is 4.79 Å². The number of carbonyl (C=O) groups is 1. The third-order valence-corrected chi connectivity index (χ3v) is 3.85. The number of aryl methyl sites for hydroxylation is 1. The van der Waals surface area contributed by atoms with Crippen LogP contribution in [-0.4, -0.2) is 24.8 Å².